The van der Waals surface area contributed by atoms with E-state index < -0.39 is 0 Å². The maximum atomic E-state index is 8.62. The number of nitrogens with zero attached hydrogens (tertiary/aromatic N) is 1. The van der Waals surface area contributed by atoms with E-state index in [0.717, 1.165) is 13.0 Å². The molecule has 0 aliphatic heterocycles. The molecule has 0 spiro atoms. The van der Waals surface area contributed by atoms with Crippen LogP contribution in [-0.2, 0) is 6.42 Å². The lowest BCUT2D eigenvalue weighted by Gasteiger charge is -2.05. The highest BCUT2D eigenvalue weighted by Crippen LogP contribution is 2.03. The molecule has 0 radical (unpaired) electrons. The first kappa shape index (κ1) is 12.2. The predicted octanol–water partition coefficient (Wildman–Crippen LogP) is 1.91. The zero-order valence-electron chi connectivity index (χ0n) is 7.96. The summed E-state index contributed by atoms with van der Waals surface area (Å²) in [5, 5.41) is 12.3. The number of rotatable bonds is 3. The largest absolute Gasteiger partial charge is 0.362 e. The van der Waals surface area contributed by atoms with E-state index in [-0.39, 0.29) is 0 Å². The minimum atomic E-state index is 0.643. The Labute approximate surface area is 108 Å². The van der Waals surface area contributed by atoms with Crippen LogP contribution in [0.1, 0.15) is 11.1 Å². The second-order valence-electron chi connectivity index (χ2n) is 2.91. The topological polar surface area (TPSA) is 47.9 Å². The second-order valence-corrected chi connectivity index (χ2v) is 3.86. The quantitative estimate of drug-likeness (QED) is 0.505. The summed E-state index contributed by atoms with van der Waals surface area (Å²) in [7, 11) is 0. The molecule has 0 amide bonds. The van der Waals surface area contributed by atoms with Gasteiger partial charge in [-0.15, -0.1) is 0 Å². The molecule has 0 aliphatic rings. The first-order valence-corrected chi connectivity index (χ1v) is 5.88. The van der Waals surface area contributed by atoms with Crippen molar-refractivity contribution in [2.75, 3.05) is 6.54 Å². The van der Waals surface area contributed by atoms with Gasteiger partial charge in [0.15, 0.2) is 5.11 Å². The zero-order chi connectivity index (χ0) is 11.1. The van der Waals surface area contributed by atoms with E-state index >= 15 is 0 Å². The number of thiocarbonyl (C=S) groups is 1. The molecule has 1 aromatic rings. The van der Waals surface area contributed by atoms with Crippen LogP contribution < -0.4 is 8.85 Å². The summed E-state index contributed by atoms with van der Waals surface area (Å²) < 4.78 is 2.82. The summed E-state index contributed by atoms with van der Waals surface area (Å²) in [5.74, 6) is 0. The van der Waals surface area contributed by atoms with E-state index in [9.17, 15) is 0 Å². The number of benzene rings is 1. The van der Waals surface area contributed by atoms with Crippen molar-refractivity contribution in [1.82, 2.24) is 8.85 Å². The van der Waals surface area contributed by atoms with E-state index in [2.05, 4.69) is 14.9 Å². The van der Waals surface area contributed by atoms with Crippen LogP contribution in [0.4, 0.5) is 0 Å². The van der Waals surface area contributed by atoms with Gasteiger partial charge in [-0.25, -0.2) is 0 Å². The number of hydrogen-bond donors (Lipinski definition) is 2. The van der Waals surface area contributed by atoms with Crippen molar-refractivity contribution < 1.29 is 0 Å². The van der Waals surface area contributed by atoms with Gasteiger partial charge in [0.1, 0.15) is 0 Å². The number of hydrogen-bond acceptors (Lipinski definition) is 2. The fraction of sp³-hybridized carbons (Fsp3) is 0.200. The molecular weight excluding hydrogens is 321 g/mol. The van der Waals surface area contributed by atoms with E-state index in [1.807, 2.05) is 47.1 Å². The molecule has 0 saturated heterocycles. The Bertz CT molecular complexity index is 369. The van der Waals surface area contributed by atoms with Gasteiger partial charge < -0.3 is 8.85 Å². The van der Waals surface area contributed by atoms with Crippen molar-refractivity contribution in [2.45, 2.75) is 6.42 Å². The minimum absolute atomic E-state index is 0.643. The molecule has 78 valence electrons. The molecule has 0 atom stereocenters. The van der Waals surface area contributed by atoms with Gasteiger partial charge in [-0.05, 0) is 36.3 Å². The monoisotopic (exact) mass is 331 g/mol. The van der Waals surface area contributed by atoms with Crippen molar-refractivity contribution in [1.29, 1.82) is 5.26 Å². The summed E-state index contributed by atoms with van der Waals surface area (Å²) in [5.41, 5.74) is 1.88. The first-order valence-electron chi connectivity index (χ1n) is 4.40. The maximum absolute atomic E-state index is 8.62. The van der Waals surface area contributed by atoms with Crippen molar-refractivity contribution >= 4 is 40.2 Å². The summed E-state index contributed by atoms with van der Waals surface area (Å²) in [6.45, 7) is 0.792. The highest BCUT2D eigenvalue weighted by Gasteiger charge is 1.95. The lowest BCUT2D eigenvalue weighted by molar-refractivity contribution is 0.867. The highest BCUT2D eigenvalue weighted by atomic mass is 127. The Kier molecular flexibility index (Phi) is 5.36. The first-order chi connectivity index (χ1) is 7.26. The molecule has 0 aliphatic carbocycles. The lowest BCUT2D eigenvalue weighted by Crippen LogP contribution is -2.30. The second kappa shape index (κ2) is 6.58. The molecule has 1 aromatic carbocycles. The summed E-state index contributed by atoms with van der Waals surface area (Å²) in [6, 6.07) is 9.66. The zero-order valence-corrected chi connectivity index (χ0v) is 10.9. The van der Waals surface area contributed by atoms with Crippen LogP contribution in [0.3, 0.4) is 0 Å². The molecule has 0 unspecified atom stereocenters. The number of nitriles is 1. The van der Waals surface area contributed by atoms with Crippen LogP contribution in [0.5, 0.6) is 0 Å². The molecule has 2 N–H and O–H groups in total. The Hall–Kier alpha value is -0.870. The molecule has 15 heavy (non-hydrogen) atoms. The molecule has 5 heteroatoms. The predicted molar refractivity (Wildman–Crippen MR) is 72.6 cm³/mol. The van der Waals surface area contributed by atoms with Gasteiger partial charge >= 0.3 is 0 Å². The van der Waals surface area contributed by atoms with Crippen LogP contribution in [-0.4, -0.2) is 11.7 Å². The Morgan fingerprint density at radius 1 is 1.40 bits per heavy atom. The Morgan fingerprint density at radius 3 is 2.60 bits per heavy atom. The smallest absolute Gasteiger partial charge is 0.175 e. The van der Waals surface area contributed by atoms with Gasteiger partial charge in [-0.1, -0.05) is 12.1 Å². The van der Waals surface area contributed by atoms with Gasteiger partial charge in [0.05, 0.1) is 34.5 Å². The van der Waals surface area contributed by atoms with E-state index in [1.54, 1.807) is 0 Å². The van der Waals surface area contributed by atoms with Gasteiger partial charge in [0.25, 0.3) is 0 Å². The Balaban J connectivity index is 2.38. The van der Waals surface area contributed by atoms with Crippen LogP contribution in [0, 0.1) is 11.3 Å². The number of nitrogens with one attached hydrogen (secondary N) is 2. The van der Waals surface area contributed by atoms with E-state index in [1.165, 1.54) is 5.56 Å². The average molecular weight is 331 g/mol. The molecule has 1 rings (SSSR count). The van der Waals surface area contributed by atoms with Crippen LogP contribution >= 0.6 is 35.1 Å². The molecule has 3 nitrogen and oxygen atoms in total. The van der Waals surface area contributed by atoms with Crippen molar-refractivity contribution in [3.8, 4) is 6.07 Å². The molecule has 0 heterocycles. The van der Waals surface area contributed by atoms with Gasteiger partial charge in [0, 0.05) is 6.54 Å². The average Bonchev–Trinajstić information content (AvgIpc) is 2.29. The fourth-order valence-electron chi connectivity index (χ4n) is 1.10. The van der Waals surface area contributed by atoms with Gasteiger partial charge in [0.2, 0.25) is 0 Å². The van der Waals surface area contributed by atoms with E-state index in [4.69, 9.17) is 17.5 Å². The fourth-order valence-corrected chi connectivity index (χ4v) is 1.39. The van der Waals surface area contributed by atoms with E-state index in [0.29, 0.717) is 10.7 Å². The van der Waals surface area contributed by atoms with Crippen molar-refractivity contribution in [3.05, 3.63) is 35.4 Å². The molecule has 0 fully saturated rings. The number of halogens is 1. The van der Waals surface area contributed by atoms with Crippen molar-refractivity contribution in [2.24, 2.45) is 0 Å². The molecule has 0 bridgehead atoms. The normalized spacial score (nSPS) is 9.07. The van der Waals surface area contributed by atoms with Crippen LogP contribution in [0.2, 0.25) is 0 Å². The van der Waals surface area contributed by atoms with Gasteiger partial charge in [-0.3, -0.25) is 0 Å². The maximum Gasteiger partial charge on any atom is 0.175 e. The lowest BCUT2D eigenvalue weighted by atomic mass is 10.1. The van der Waals surface area contributed by atoms with Crippen LogP contribution in [0.25, 0.3) is 0 Å². The summed E-state index contributed by atoms with van der Waals surface area (Å²) in [6.07, 6.45) is 0.893. The third kappa shape index (κ3) is 4.44. The standard InChI is InChI=1S/C10H10IN3S/c11-14-10(15)13-6-5-8-1-3-9(7-12)4-2-8/h1-4H,5-6H2,(H2,13,14,15). The molecular formula is C10H10IN3S. The molecule has 0 aromatic heterocycles. The van der Waals surface area contributed by atoms with Gasteiger partial charge in [-0.2, -0.15) is 5.26 Å². The summed E-state index contributed by atoms with van der Waals surface area (Å²) >= 11 is 6.92. The van der Waals surface area contributed by atoms with Crippen molar-refractivity contribution in [3.63, 3.8) is 0 Å². The molecule has 0 saturated carbocycles. The third-order valence-corrected chi connectivity index (χ3v) is 3.02. The Morgan fingerprint density at radius 2 is 2.07 bits per heavy atom. The highest BCUT2D eigenvalue weighted by molar-refractivity contribution is 14.1. The third-order valence-electron chi connectivity index (χ3n) is 1.87. The minimum Gasteiger partial charge on any atom is -0.362 e. The summed E-state index contributed by atoms with van der Waals surface area (Å²) in [4.78, 5) is 0. The SMILES string of the molecule is N#Cc1ccc(CCNC(=S)NI)cc1. The van der Waals surface area contributed by atoms with Crippen LogP contribution in [0.15, 0.2) is 24.3 Å².